The maximum atomic E-state index is 14.1. The fourth-order valence-electron chi connectivity index (χ4n) is 2.53. The van der Waals surface area contributed by atoms with Gasteiger partial charge in [0.2, 0.25) is 0 Å². The Balaban J connectivity index is 2.33. The number of aromatic carboxylic acids is 1. The molecule has 0 radical (unpaired) electrons. The van der Waals surface area contributed by atoms with Gasteiger partial charge in [0.1, 0.15) is 17.1 Å². The Hall–Kier alpha value is -3.02. The normalized spacial score (nSPS) is 10.8. The molecule has 0 fully saturated rings. The van der Waals surface area contributed by atoms with Gasteiger partial charge < -0.3 is 9.84 Å². The summed E-state index contributed by atoms with van der Waals surface area (Å²) in [4.78, 5) is 15.7. The van der Waals surface area contributed by atoms with Gasteiger partial charge in [-0.1, -0.05) is 12.1 Å². The lowest BCUT2D eigenvalue weighted by atomic mass is 10.0. The van der Waals surface area contributed by atoms with E-state index in [9.17, 15) is 18.7 Å². The number of hydrogen-bond donors (Lipinski definition) is 1. The highest BCUT2D eigenvalue weighted by atomic mass is 19.1. The zero-order valence-electron chi connectivity index (χ0n) is 12.7. The van der Waals surface area contributed by atoms with E-state index in [1.54, 1.807) is 24.3 Å². The molecular weight excluding hydrogens is 316 g/mol. The number of benzene rings is 2. The Morgan fingerprint density at radius 2 is 1.96 bits per heavy atom. The number of carboxylic acids is 1. The summed E-state index contributed by atoms with van der Waals surface area (Å²) < 4.78 is 33.1. The van der Waals surface area contributed by atoms with E-state index in [4.69, 9.17) is 4.74 Å². The third kappa shape index (κ3) is 2.78. The van der Waals surface area contributed by atoms with Crippen molar-refractivity contribution in [3.63, 3.8) is 0 Å². The summed E-state index contributed by atoms with van der Waals surface area (Å²) in [7, 11) is 0. The molecule has 4 nitrogen and oxygen atoms in total. The van der Waals surface area contributed by atoms with E-state index in [1.165, 1.54) is 6.07 Å². The van der Waals surface area contributed by atoms with Crippen LogP contribution in [-0.2, 0) is 0 Å². The van der Waals surface area contributed by atoms with E-state index in [1.807, 2.05) is 6.92 Å². The van der Waals surface area contributed by atoms with Crippen LogP contribution in [0.25, 0.3) is 22.2 Å². The van der Waals surface area contributed by atoms with Gasteiger partial charge in [0, 0.05) is 17.0 Å². The van der Waals surface area contributed by atoms with Crippen molar-refractivity contribution in [3.05, 3.63) is 59.7 Å². The van der Waals surface area contributed by atoms with E-state index in [-0.39, 0.29) is 22.2 Å². The molecule has 0 saturated carbocycles. The molecule has 6 heteroatoms. The van der Waals surface area contributed by atoms with Crippen LogP contribution < -0.4 is 4.74 Å². The highest BCUT2D eigenvalue weighted by Crippen LogP contribution is 2.32. The molecule has 2 aromatic carbocycles. The zero-order chi connectivity index (χ0) is 17.3. The zero-order valence-corrected chi connectivity index (χ0v) is 12.7. The minimum atomic E-state index is -1.29. The molecule has 1 N–H and O–H groups in total. The van der Waals surface area contributed by atoms with E-state index >= 15 is 0 Å². The highest BCUT2D eigenvalue weighted by molar-refractivity contribution is 6.04. The number of aromatic nitrogens is 1. The summed E-state index contributed by atoms with van der Waals surface area (Å²) in [6, 6.07) is 9.86. The number of ether oxygens (including phenoxy) is 1. The first kappa shape index (κ1) is 15.9. The van der Waals surface area contributed by atoms with Crippen LogP contribution in [0.1, 0.15) is 17.3 Å². The lowest BCUT2D eigenvalue weighted by molar-refractivity contribution is 0.0699. The molecule has 3 rings (SSSR count). The third-order valence-corrected chi connectivity index (χ3v) is 3.52. The number of rotatable bonds is 4. The quantitative estimate of drug-likeness (QED) is 0.776. The van der Waals surface area contributed by atoms with Crippen LogP contribution >= 0.6 is 0 Å². The number of fused-ring (bicyclic) bond motifs is 1. The minimum absolute atomic E-state index is 0.0855. The van der Waals surface area contributed by atoms with Crippen LogP contribution in [0.2, 0.25) is 0 Å². The van der Waals surface area contributed by atoms with Gasteiger partial charge >= 0.3 is 5.97 Å². The summed E-state index contributed by atoms with van der Waals surface area (Å²) in [5.41, 5.74) is 0.360. The molecule has 0 aliphatic rings. The molecule has 0 spiro atoms. The first-order valence-corrected chi connectivity index (χ1v) is 7.26. The van der Waals surface area contributed by atoms with Crippen molar-refractivity contribution in [2.45, 2.75) is 6.92 Å². The molecular formula is C18H13F2NO3. The predicted octanol–water partition coefficient (Wildman–Crippen LogP) is 4.28. The molecule has 122 valence electrons. The SMILES string of the molecule is CCOc1ccccc1-c1cc(C(=O)O)c2cc(F)cc(F)c2n1. The minimum Gasteiger partial charge on any atom is -0.493 e. The van der Waals surface area contributed by atoms with Gasteiger partial charge in [0.05, 0.1) is 17.9 Å². The van der Waals surface area contributed by atoms with Crippen molar-refractivity contribution in [1.82, 2.24) is 4.98 Å². The number of carboxylic acid groups (broad SMARTS) is 1. The lowest BCUT2D eigenvalue weighted by Gasteiger charge is -2.12. The lowest BCUT2D eigenvalue weighted by Crippen LogP contribution is -2.03. The van der Waals surface area contributed by atoms with Crippen molar-refractivity contribution in [2.75, 3.05) is 6.61 Å². The van der Waals surface area contributed by atoms with Gasteiger partial charge in [-0.05, 0) is 31.2 Å². The smallest absolute Gasteiger partial charge is 0.336 e. The molecule has 0 saturated heterocycles. The van der Waals surface area contributed by atoms with E-state index in [0.717, 1.165) is 6.07 Å². The largest absolute Gasteiger partial charge is 0.493 e. The molecule has 0 unspecified atom stereocenters. The van der Waals surface area contributed by atoms with Gasteiger partial charge in [0.15, 0.2) is 5.82 Å². The molecule has 0 aliphatic heterocycles. The topological polar surface area (TPSA) is 59.4 Å². The van der Waals surface area contributed by atoms with Crippen molar-refractivity contribution in [2.24, 2.45) is 0 Å². The average Bonchev–Trinajstić information content (AvgIpc) is 2.55. The monoisotopic (exact) mass is 329 g/mol. The highest BCUT2D eigenvalue weighted by Gasteiger charge is 2.18. The Morgan fingerprint density at radius 1 is 1.21 bits per heavy atom. The second-order valence-electron chi connectivity index (χ2n) is 5.07. The van der Waals surface area contributed by atoms with Crippen LogP contribution in [0.15, 0.2) is 42.5 Å². The first-order chi connectivity index (χ1) is 11.5. The summed E-state index contributed by atoms with van der Waals surface area (Å²) in [5.74, 6) is -2.55. The molecule has 3 aromatic rings. The van der Waals surface area contributed by atoms with Crippen molar-refractivity contribution >= 4 is 16.9 Å². The number of hydrogen-bond acceptors (Lipinski definition) is 3. The number of carbonyl (C=O) groups is 1. The van der Waals surface area contributed by atoms with Crippen molar-refractivity contribution in [3.8, 4) is 17.0 Å². The number of nitrogens with zero attached hydrogens (tertiary/aromatic N) is 1. The van der Waals surface area contributed by atoms with Gasteiger partial charge in [-0.3, -0.25) is 0 Å². The second-order valence-corrected chi connectivity index (χ2v) is 5.07. The summed E-state index contributed by atoms with van der Waals surface area (Å²) >= 11 is 0. The molecule has 0 bridgehead atoms. The third-order valence-electron chi connectivity index (χ3n) is 3.52. The Labute approximate surface area is 136 Å². The average molecular weight is 329 g/mol. The Morgan fingerprint density at radius 3 is 2.67 bits per heavy atom. The van der Waals surface area contributed by atoms with E-state index in [2.05, 4.69) is 4.98 Å². The number of halogens is 2. The first-order valence-electron chi connectivity index (χ1n) is 7.26. The molecule has 0 aliphatic carbocycles. The molecule has 24 heavy (non-hydrogen) atoms. The summed E-state index contributed by atoms with van der Waals surface area (Å²) in [6.45, 7) is 2.23. The fourth-order valence-corrected chi connectivity index (χ4v) is 2.53. The van der Waals surface area contributed by atoms with E-state index < -0.39 is 17.6 Å². The Bertz CT molecular complexity index is 941. The fraction of sp³-hybridized carbons (Fsp3) is 0.111. The number of pyridine rings is 1. The van der Waals surface area contributed by atoms with Gasteiger partial charge in [-0.15, -0.1) is 0 Å². The molecule has 1 heterocycles. The maximum absolute atomic E-state index is 14.1. The summed E-state index contributed by atoms with van der Waals surface area (Å²) in [5, 5.41) is 9.32. The van der Waals surface area contributed by atoms with Crippen LogP contribution in [0.5, 0.6) is 5.75 Å². The summed E-state index contributed by atoms with van der Waals surface area (Å²) in [6.07, 6.45) is 0. The van der Waals surface area contributed by atoms with Crippen molar-refractivity contribution < 1.29 is 23.4 Å². The van der Waals surface area contributed by atoms with E-state index in [0.29, 0.717) is 24.0 Å². The maximum Gasteiger partial charge on any atom is 0.336 e. The van der Waals surface area contributed by atoms with Crippen LogP contribution in [0, 0.1) is 11.6 Å². The van der Waals surface area contributed by atoms with Gasteiger partial charge in [0.25, 0.3) is 0 Å². The molecule has 1 aromatic heterocycles. The standard InChI is InChI=1S/C18H13F2NO3/c1-2-24-16-6-4-3-5-11(16)15-9-13(18(22)23)12-7-10(19)8-14(20)17(12)21-15/h3-9H,2H2,1H3,(H,22,23). The number of para-hydroxylation sites is 1. The van der Waals surface area contributed by atoms with Crippen LogP contribution in [0.3, 0.4) is 0 Å². The van der Waals surface area contributed by atoms with Crippen LogP contribution in [0.4, 0.5) is 8.78 Å². The van der Waals surface area contributed by atoms with Crippen LogP contribution in [-0.4, -0.2) is 22.7 Å². The second kappa shape index (κ2) is 6.23. The molecule has 0 atom stereocenters. The van der Waals surface area contributed by atoms with Crippen molar-refractivity contribution in [1.29, 1.82) is 0 Å². The van der Waals surface area contributed by atoms with Gasteiger partial charge in [-0.2, -0.15) is 0 Å². The Kier molecular flexibility index (Phi) is 4.12. The van der Waals surface area contributed by atoms with Gasteiger partial charge in [-0.25, -0.2) is 18.6 Å². The molecule has 0 amide bonds. The predicted molar refractivity (Wildman–Crippen MR) is 85.2 cm³/mol.